The molecule has 2 aromatic carbocycles. The molecule has 2 N–H and O–H groups in total. The topological polar surface area (TPSA) is 66.8 Å². The molecular weight excluding hydrogens is 394 g/mol. The third kappa shape index (κ3) is 5.29. The number of carbonyl (C=O) groups is 1. The highest BCUT2D eigenvalue weighted by atomic mass is 127. The van der Waals surface area contributed by atoms with Crippen molar-refractivity contribution in [2.75, 3.05) is 6.51 Å². The fourth-order valence-electron chi connectivity index (χ4n) is 1.73. The van der Waals surface area contributed by atoms with Crippen molar-refractivity contribution >= 4 is 41.6 Å². The monoisotopic (exact) mass is 408 g/mol. The van der Waals surface area contributed by atoms with Gasteiger partial charge in [0.05, 0.1) is 0 Å². The summed E-state index contributed by atoms with van der Waals surface area (Å²) in [5, 5.41) is 17.4. The van der Waals surface area contributed by atoms with Crippen molar-refractivity contribution in [1.82, 2.24) is 0 Å². The van der Waals surface area contributed by atoms with E-state index in [1.165, 1.54) is 6.08 Å². The summed E-state index contributed by atoms with van der Waals surface area (Å²) in [5.74, 6) is 0.374. The van der Waals surface area contributed by atoms with Crippen molar-refractivity contribution in [3.05, 3.63) is 69.3 Å². The van der Waals surface area contributed by atoms with Crippen LogP contribution < -0.4 is 4.74 Å². The lowest BCUT2D eigenvalue weighted by Gasteiger charge is -2.05. The number of allylic oxidation sites excluding steroid dienone is 1. The first-order valence-electron chi connectivity index (χ1n) is 6.61. The molecule has 0 fully saturated rings. The Hall–Kier alpha value is -1.64. The van der Waals surface area contributed by atoms with Crippen LogP contribution in [0.4, 0.5) is 0 Å². The van der Waals surface area contributed by atoms with Gasteiger partial charge in [0, 0.05) is 9.13 Å². The van der Waals surface area contributed by atoms with Gasteiger partial charge in [0.15, 0.2) is 5.78 Å². The molecule has 112 valence electrons. The van der Waals surface area contributed by atoms with Crippen LogP contribution >= 0.6 is 22.6 Å². The van der Waals surface area contributed by atoms with E-state index in [1.54, 1.807) is 30.3 Å². The van der Waals surface area contributed by atoms with Crippen LogP contribution in [-0.2, 0) is 0 Å². The quantitative estimate of drug-likeness (QED) is 0.334. The summed E-state index contributed by atoms with van der Waals surface area (Å²) in [4.78, 5) is 12.1. The molecule has 0 saturated heterocycles. The average molecular weight is 408 g/mol. The number of ether oxygens (including phenoxy) is 1. The first kappa shape index (κ1) is 16.7. The number of hydrogen-bond donors (Lipinski definition) is 2. The van der Waals surface area contributed by atoms with Crippen LogP contribution in [0.1, 0.15) is 15.9 Å². The molecular formula is C16H14BIO4. The summed E-state index contributed by atoms with van der Waals surface area (Å²) in [5.41, 5.74) is 1.50. The van der Waals surface area contributed by atoms with Gasteiger partial charge in [-0.25, -0.2) is 0 Å². The normalized spacial score (nSPS) is 10.7. The largest absolute Gasteiger partial charge is 0.496 e. The fraction of sp³-hybridized carbons (Fsp3) is 0.0625. The van der Waals surface area contributed by atoms with E-state index in [4.69, 9.17) is 14.8 Å². The first-order chi connectivity index (χ1) is 10.5. The molecule has 0 atom stereocenters. The number of hydrogen-bond acceptors (Lipinski definition) is 4. The molecule has 22 heavy (non-hydrogen) atoms. The second-order valence-electron chi connectivity index (χ2n) is 4.57. The molecule has 0 aliphatic heterocycles. The van der Waals surface area contributed by atoms with E-state index in [1.807, 2.05) is 24.3 Å². The van der Waals surface area contributed by atoms with Crippen molar-refractivity contribution in [3.8, 4) is 5.75 Å². The van der Waals surface area contributed by atoms with Gasteiger partial charge < -0.3 is 14.8 Å². The van der Waals surface area contributed by atoms with Gasteiger partial charge in [-0.1, -0.05) is 18.2 Å². The average Bonchev–Trinajstić information content (AvgIpc) is 2.52. The smallest absolute Gasteiger partial charge is 0.491 e. The lowest BCUT2D eigenvalue weighted by Crippen LogP contribution is -2.22. The van der Waals surface area contributed by atoms with E-state index < -0.39 is 7.12 Å². The Balaban J connectivity index is 1.98. The molecule has 0 radical (unpaired) electrons. The Bertz CT molecular complexity index is 651. The second kappa shape index (κ2) is 8.12. The zero-order valence-corrected chi connectivity index (χ0v) is 13.8. The Morgan fingerprint density at radius 3 is 2.32 bits per heavy atom. The number of halogens is 1. The van der Waals surface area contributed by atoms with Gasteiger partial charge in [0.25, 0.3) is 0 Å². The molecule has 0 spiro atoms. The molecule has 2 rings (SSSR count). The third-order valence-corrected chi connectivity index (χ3v) is 3.55. The van der Waals surface area contributed by atoms with Crippen molar-refractivity contribution < 1.29 is 19.6 Å². The molecule has 0 saturated carbocycles. The second-order valence-corrected chi connectivity index (χ2v) is 5.81. The minimum atomic E-state index is -1.52. The van der Waals surface area contributed by atoms with Crippen molar-refractivity contribution in [3.63, 3.8) is 0 Å². The summed E-state index contributed by atoms with van der Waals surface area (Å²) in [7, 11) is -1.52. The third-order valence-electron chi connectivity index (χ3n) is 2.84. The molecule has 4 nitrogen and oxygen atoms in total. The van der Waals surface area contributed by atoms with Crippen LogP contribution in [-0.4, -0.2) is 29.5 Å². The summed E-state index contributed by atoms with van der Waals surface area (Å²) in [6.07, 6.45) is 3.29. The maximum Gasteiger partial charge on any atom is 0.491 e. The number of benzene rings is 2. The SMILES string of the molecule is O=C(C=Cc1ccc(I)cc1)c1ccc(OCB(O)O)cc1. The molecule has 0 bridgehead atoms. The van der Waals surface area contributed by atoms with Gasteiger partial charge in [-0.2, -0.15) is 0 Å². The van der Waals surface area contributed by atoms with Crippen LogP contribution in [0.25, 0.3) is 6.08 Å². The van der Waals surface area contributed by atoms with Gasteiger partial charge in [-0.15, -0.1) is 0 Å². The molecule has 0 aliphatic carbocycles. The maximum absolute atomic E-state index is 12.1. The van der Waals surface area contributed by atoms with E-state index in [0.717, 1.165) is 9.13 Å². The molecule has 0 amide bonds. The zero-order valence-electron chi connectivity index (χ0n) is 11.6. The van der Waals surface area contributed by atoms with Crippen molar-refractivity contribution in [2.24, 2.45) is 0 Å². The standard InChI is InChI=1S/C16H14BIO4/c18-14-6-1-12(2-7-14)3-10-16(19)13-4-8-15(9-5-13)22-11-17(20)21/h1-10,20-21H,11H2. The zero-order chi connectivity index (χ0) is 15.9. The predicted octanol–water partition coefficient (Wildman–Crippen LogP) is 2.58. The van der Waals surface area contributed by atoms with E-state index in [0.29, 0.717) is 11.3 Å². The van der Waals surface area contributed by atoms with Crippen LogP contribution in [0.2, 0.25) is 0 Å². The van der Waals surface area contributed by atoms with E-state index in [-0.39, 0.29) is 12.3 Å². The van der Waals surface area contributed by atoms with E-state index in [9.17, 15) is 4.79 Å². The summed E-state index contributed by atoms with van der Waals surface area (Å²) in [6.45, 7) is -0.208. The molecule has 0 unspecified atom stereocenters. The lowest BCUT2D eigenvalue weighted by atomic mass is 9.95. The summed E-state index contributed by atoms with van der Waals surface area (Å²) >= 11 is 2.23. The molecule has 0 heterocycles. The number of rotatable bonds is 6. The number of carbonyl (C=O) groups excluding carboxylic acids is 1. The summed E-state index contributed by atoms with van der Waals surface area (Å²) < 4.78 is 6.26. The Kier molecular flexibility index (Phi) is 6.17. The Morgan fingerprint density at radius 2 is 1.73 bits per heavy atom. The van der Waals surface area contributed by atoms with Gasteiger partial charge in [0.1, 0.15) is 12.3 Å². The highest BCUT2D eigenvalue weighted by Crippen LogP contribution is 2.14. The van der Waals surface area contributed by atoms with E-state index >= 15 is 0 Å². The van der Waals surface area contributed by atoms with Crippen LogP contribution in [0.3, 0.4) is 0 Å². The Morgan fingerprint density at radius 1 is 1.09 bits per heavy atom. The first-order valence-corrected chi connectivity index (χ1v) is 7.69. The summed E-state index contributed by atoms with van der Waals surface area (Å²) in [6, 6.07) is 14.4. The van der Waals surface area contributed by atoms with Gasteiger partial charge in [0.2, 0.25) is 0 Å². The van der Waals surface area contributed by atoms with Crippen LogP contribution in [0.15, 0.2) is 54.6 Å². The van der Waals surface area contributed by atoms with Crippen molar-refractivity contribution in [1.29, 1.82) is 0 Å². The lowest BCUT2D eigenvalue weighted by molar-refractivity contribution is 0.104. The minimum Gasteiger partial charge on any atom is -0.496 e. The molecule has 0 aliphatic rings. The van der Waals surface area contributed by atoms with Crippen LogP contribution in [0.5, 0.6) is 5.75 Å². The predicted molar refractivity (Wildman–Crippen MR) is 94.7 cm³/mol. The molecule has 6 heteroatoms. The van der Waals surface area contributed by atoms with Crippen molar-refractivity contribution in [2.45, 2.75) is 0 Å². The number of ketones is 1. The molecule has 0 aromatic heterocycles. The highest BCUT2D eigenvalue weighted by molar-refractivity contribution is 14.1. The van der Waals surface area contributed by atoms with E-state index in [2.05, 4.69) is 22.6 Å². The minimum absolute atomic E-state index is 0.104. The van der Waals surface area contributed by atoms with Gasteiger partial charge >= 0.3 is 7.12 Å². The molecule has 2 aromatic rings. The fourth-order valence-corrected chi connectivity index (χ4v) is 2.09. The Labute approximate surface area is 142 Å². The van der Waals surface area contributed by atoms with Crippen LogP contribution in [0, 0.1) is 3.57 Å². The maximum atomic E-state index is 12.1. The van der Waals surface area contributed by atoms with Gasteiger partial charge in [-0.3, -0.25) is 4.79 Å². The van der Waals surface area contributed by atoms with Gasteiger partial charge in [-0.05, 0) is 70.6 Å². The highest BCUT2D eigenvalue weighted by Gasteiger charge is 2.08.